The molecule has 142 valence electrons. The van der Waals surface area contributed by atoms with Crippen molar-refractivity contribution in [1.82, 2.24) is 10.2 Å². The summed E-state index contributed by atoms with van der Waals surface area (Å²) in [5.74, 6) is -0.961. The SMILES string of the molecule is COC(=O)C[C@H]1C(=O)NCCN1CC(=O)Nc1ccc(C(C)(C)C)cc1. The highest BCUT2D eigenvalue weighted by atomic mass is 16.5. The predicted octanol–water partition coefficient (Wildman–Crippen LogP) is 1.29. The summed E-state index contributed by atoms with van der Waals surface area (Å²) in [5, 5.41) is 5.56. The van der Waals surface area contributed by atoms with Crippen LogP contribution in [0.4, 0.5) is 5.69 Å². The van der Waals surface area contributed by atoms with Gasteiger partial charge in [-0.25, -0.2) is 0 Å². The Morgan fingerprint density at radius 3 is 2.50 bits per heavy atom. The first-order valence-electron chi connectivity index (χ1n) is 8.69. The number of benzene rings is 1. The summed E-state index contributed by atoms with van der Waals surface area (Å²) in [4.78, 5) is 37.6. The lowest BCUT2D eigenvalue weighted by Crippen LogP contribution is -2.57. The number of hydrogen-bond donors (Lipinski definition) is 2. The van der Waals surface area contributed by atoms with E-state index in [1.54, 1.807) is 4.90 Å². The predicted molar refractivity (Wildman–Crippen MR) is 98.8 cm³/mol. The molecule has 1 aromatic carbocycles. The van der Waals surface area contributed by atoms with Crippen molar-refractivity contribution in [2.45, 2.75) is 38.6 Å². The smallest absolute Gasteiger partial charge is 0.307 e. The molecule has 2 N–H and O–H groups in total. The van der Waals surface area contributed by atoms with Crippen LogP contribution in [0, 0.1) is 0 Å². The maximum atomic E-state index is 12.4. The molecule has 1 aromatic rings. The molecule has 0 unspecified atom stereocenters. The maximum absolute atomic E-state index is 12.4. The third-order valence-corrected chi connectivity index (χ3v) is 4.41. The summed E-state index contributed by atoms with van der Waals surface area (Å²) in [7, 11) is 1.28. The van der Waals surface area contributed by atoms with Gasteiger partial charge in [0.1, 0.15) is 6.04 Å². The number of ether oxygens (including phenoxy) is 1. The molecule has 2 amide bonds. The van der Waals surface area contributed by atoms with Gasteiger partial charge in [0.15, 0.2) is 0 Å². The number of amides is 2. The van der Waals surface area contributed by atoms with Crippen molar-refractivity contribution in [3.8, 4) is 0 Å². The molecule has 7 nitrogen and oxygen atoms in total. The number of esters is 1. The molecule has 1 aliphatic rings. The number of rotatable bonds is 5. The van der Waals surface area contributed by atoms with E-state index in [1.807, 2.05) is 24.3 Å². The van der Waals surface area contributed by atoms with Gasteiger partial charge in [-0.3, -0.25) is 19.3 Å². The van der Waals surface area contributed by atoms with E-state index in [0.717, 1.165) is 0 Å². The zero-order chi connectivity index (χ0) is 19.3. The summed E-state index contributed by atoms with van der Waals surface area (Å²) < 4.78 is 4.64. The molecule has 1 aliphatic heterocycles. The van der Waals surface area contributed by atoms with Crippen LogP contribution in [-0.4, -0.2) is 55.5 Å². The molecule has 0 saturated carbocycles. The van der Waals surface area contributed by atoms with E-state index in [-0.39, 0.29) is 30.2 Å². The van der Waals surface area contributed by atoms with Crippen LogP contribution in [0.15, 0.2) is 24.3 Å². The minimum absolute atomic E-state index is 0.0378. The van der Waals surface area contributed by atoms with Gasteiger partial charge in [-0.15, -0.1) is 0 Å². The van der Waals surface area contributed by atoms with E-state index < -0.39 is 12.0 Å². The Labute approximate surface area is 154 Å². The molecule has 0 radical (unpaired) electrons. The van der Waals surface area contributed by atoms with Crippen molar-refractivity contribution >= 4 is 23.5 Å². The molecule has 0 aliphatic carbocycles. The normalized spacial score (nSPS) is 18.2. The maximum Gasteiger partial charge on any atom is 0.307 e. The van der Waals surface area contributed by atoms with E-state index >= 15 is 0 Å². The summed E-state index contributed by atoms with van der Waals surface area (Å²) in [6.07, 6.45) is -0.0735. The monoisotopic (exact) mass is 361 g/mol. The highest BCUT2D eigenvalue weighted by molar-refractivity contribution is 5.93. The van der Waals surface area contributed by atoms with Gasteiger partial charge in [-0.05, 0) is 23.1 Å². The number of nitrogens with one attached hydrogen (secondary N) is 2. The van der Waals surface area contributed by atoms with Crippen LogP contribution in [-0.2, 0) is 24.5 Å². The first kappa shape index (κ1) is 19.9. The van der Waals surface area contributed by atoms with Gasteiger partial charge in [0.05, 0.1) is 20.1 Å². The lowest BCUT2D eigenvalue weighted by molar-refractivity contribution is -0.146. The number of carbonyl (C=O) groups excluding carboxylic acids is 3. The van der Waals surface area contributed by atoms with Crippen molar-refractivity contribution in [1.29, 1.82) is 0 Å². The van der Waals surface area contributed by atoms with Gasteiger partial charge < -0.3 is 15.4 Å². The number of anilines is 1. The van der Waals surface area contributed by atoms with E-state index in [0.29, 0.717) is 18.8 Å². The topological polar surface area (TPSA) is 87.7 Å². The molecular formula is C19H27N3O4. The lowest BCUT2D eigenvalue weighted by Gasteiger charge is -2.33. The van der Waals surface area contributed by atoms with Crippen LogP contribution < -0.4 is 10.6 Å². The molecular weight excluding hydrogens is 334 g/mol. The Kier molecular flexibility index (Phi) is 6.37. The average Bonchev–Trinajstić information content (AvgIpc) is 2.57. The molecule has 1 atom stereocenters. The Hall–Kier alpha value is -2.41. The van der Waals surface area contributed by atoms with Crippen molar-refractivity contribution in [3.05, 3.63) is 29.8 Å². The summed E-state index contributed by atoms with van der Waals surface area (Å²) in [6, 6.07) is 7.03. The molecule has 1 saturated heterocycles. The summed E-state index contributed by atoms with van der Waals surface area (Å²) >= 11 is 0. The first-order chi connectivity index (χ1) is 12.2. The van der Waals surface area contributed by atoms with Crippen molar-refractivity contribution in [2.75, 3.05) is 32.1 Å². The average molecular weight is 361 g/mol. The van der Waals surface area contributed by atoms with E-state index in [1.165, 1.54) is 12.7 Å². The fraction of sp³-hybridized carbons (Fsp3) is 0.526. The van der Waals surface area contributed by atoms with Crippen LogP contribution in [0.1, 0.15) is 32.8 Å². The van der Waals surface area contributed by atoms with Gasteiger partial charge in [-0.1, -0.05) is 32.9 Å². The van der Waals surface area contributed by atoms with Gasteiger partial charge >= 0.3 is 5.97 Å². The highest BCUT2D eigenvalue weighted by Crippen LogP contribution is 2.23. The quantitative estimate of drug-likeness (QED) is 0.772. The molecule has 0 bridgehead atoms. The fourth-order valence-corrected chi connectivity index (χ4v) is 2.85. The summed E-state index contributed by atoms with van der Waals surface area (Å²) in [6.45, 7) is 7.38. The number of methoxy groups -OCH3 is 1. The molecule has 7 heteroatoms. The molecule has 1 fully saturated rings. The van der Waals surface area contributed by atoms with Gasteiger partial charge in [0.2, 0.25) is 11.8 Å². The van der Waals surface area contributed by atoms with Crippen LogP contribution >= 0.6 is 0 Å². The number of carbonyl (C=O) groups is 3. The third-order valence-electron chi connectivity index (χ3n) is 4.41. The largest absolute Gasteiger partial charge is 0.469 e. The van der Waals surface area contributed by atoms with Crippen LogP contribution in [0.2, 0.25) is 0 Å². The minimum Gasteiger partial charge on any atom is -0.469 e. The fourth-order valence-electron chi connectivity index (χ4n) is 2.85. The van der Waals surface area contributed by atoms with E-state index in [4.69, 9.17) is 0 Å². The Balaban J connectivity index is 1.98. The lowest BCUT2D eigenvalue weighted by atomic mass is 9.87. The Morgan fingerprint density at radius 1 is 1.27 bits per heavy atom. The second kappa shape index (κ2) is 8.31. The van der Waals surface area contributed by atoms with Crippen molar-refractivity contribution in [2.24, 2.45) is 0 Å². The zero-order valence-corrected chi connectivity index (χ0v) is 15.8. The van der Waals surface area contributed by atoms with Crippen molar-refractivity contribution in [3.63, 3.8) is 0 Å². The second-order valence-electron chi connectivity index (χ2n) is 7.43. The van der Waals surface area contributed by atoms with Gasteiger partial charge in [-0.2, -0.15) is 0 Å². The molecule has 0 aromatic heterocycles. The molecule has 26 heavy (non-hydrogen) atoms. The Bertz CT molecular complexity index is 664. The number of hydrogen-bond acceptors (Lipinski definition) is 5. The second-order valence-corrected chi connectivity index (χ2v) is 7.43. The third kappa shape index (κ3) is 5.29. The Morgan fingerprint density at radius 2 is 1.92 bits per heavy atom. The number of piperazine rings is 1. The zero-order valence-electron chi connectivity index (χ0n) is 15.8. The number of nitrogens with zero attached hydrogens (tertiary/aromatic N) is 1. The first-order valence-corrected chi connectivity index (χ1v) is 8.69. The standard InChI is InChI=1S/C19H27N3O4/c1-19(2,3)13-5-7-14(8-6-13)21-16(23)12-22-10-9-20-18(25)15(22)11-17(24)26-4/h5-8,15H,9-12H2,1-4H3,(H,20,25)(H,21,23)/t15-/m0/s1. The summed E-state index contributed by atoms with van der Waals surface area (Å²) in [5.41, 5.74) is 1.93. The van der Waals surface area contributed by atoms with Crippen molar-refractivity contribution < 1.29 is 19.1 Å². The van der Waals surface area contributed by atoms with E-state index in [2.05, 4.69) is 36.1 Å². The van der Waals surface area contributed by atoms with Crippen LogP contribution in [0.3, 0.4) is 0 Å². The van der Waals surface area contributed by atoms with E-state index in [9.17, 15) is 14.4 Å². The molecule has 1 heterocycles. The van der Waals surface area contributed by atoms with Crippen LogP contribution in [0.5, 0.6) is 0 Å². The van der Waals surface area contributed by atoms with Gasteiger partial charge in [0.25, 0.3) is 0 Å². The molecule has 0 spiro atoms. The molecule has 2 rings (SSSR count). The van der Waals surface area contributed by atoms with Gasteiger partial charge in [0, 0.05) is 18.8 Å². The highest BCUT2D eigenvalue weighted by Gasteiger charge is 2.33. The minimum atomic E-state index is -0.690. The van der Waals surface area contributed by atoms with Crippen LogP contribution in [0.25, 0.3) is 0 Å².